The molecule has 0 aliphatic heterocycles. The Kier molecular flexibility index (Phi) is 13.1. The lowest BCUT2D eigenvalue weighted by atomic mass is 10.1. The van der Waals surface area contributed by atoms with Crippen molar-refractivity contribution in [2.75, 3.05) is 6.61 Å². The van der Waals surface area contributed by atoms with Gasteiger partial charge in [0.1, 0.15) is 0 Å². The van der Waals surface area contributed by atoms with E-state index in [1.54, 1.807) is 12.1 Å². The molecule has 0 bridgehead atoms. The molecule has 126 valence electrons. The third-order valence-corrected chi connectivity index (χ3v) is 3.13. The van der Waals surface area contributed by atoms with Crippen LogP contribution in [0.2, 0.25) is 0 Å². The molecule has 0 saturated carbocycles. The Morgan fingerprint density at radius 1 is 0.909 bits per heavy atom. The minimum Gasteiger partial charge on any atom is -0.504 e. The molecule has 0 amide bonds. The molecule has 0 atom stereocenters. The normalized spacial score (nSPS) is 9.73. The molecule has 0 aliphatic rings. The van der Waals surface area contributed by atoms with Crippen LogP contribution in [0.4, 0.5) is 0 Å². The van der Waals surface area contributed by atoms with Gasteiger partial charge in [-0.1, -0.05) is 58.1 Å². The quantitative estimate of drug-likeness (QED) is 0.391. The highest BCUT2D eigenvalue weighted by Crippen LogP contribution is 2.21. The smallest absolute Gasteiger partial charge is 0.305 e. The molecule has 1 rings (SSSR count). The molecule has 1 aromatic carbocycles. The molecule has 0 heterocycles. The van der Waals surface area contributed by atoms with E-state index in [1.807, 2.05) is 0 Å². The molecule has 4 nitrogen and oxygen atoms in total. The van der Waals surface area contributed by atoms with E-state index in [-0.39, 0.29) is 17.5 Å². The predicted octanol–water partition coefficient (Wildman–Crippen LogP) is 4.79. The van der Waals surface area contributed by atoms with Gasteiger partial charge in [-0.2, -0.15) is 0 Å². The summed E-state index contributed by atoms with van der Waals surface area (Å²) in [6, 6.07) is 6.15. The first-order valence-electron chi connectivity index (χ1n) is 8.24. The Morgan fingerprint density at radius 3 is 1.95 bits per heavy atom. The van der Waals surface area contributed by atoms with Crippen molar-refractivity contribution in [1.29, 1.82) is 0 Å². The van der Waals surface area contributed by atoms with Crippen LogP contribution in [0.15, 0.2) is 24.3 Å². The molecular weight excluding hydrogens is 280 g/mol. The zero-order valence-corrected chi connectivity index (χ0v) is 13.9. The van der Waals surface area contributed by atoms with Crippen LogP contribution in [0.25, 0.3) is 0 Å². The van der Waals surface area contributed by atoms with Crippen molar-refractivity contribution in [3.8, 4) is 11.5 Å². The maximum Gasteiger partial charge on any atom is 0.305 e. The largest absolute Gasteiger partial charge is 0.504 e. The van der Waals surface area contributed by atoms with E-state index in [9.17, 15) is 4.79 Å². The van der Waals surface area contributed by atoms with Gasteiger partial charge in [0.25, 0.3) is 0 Å². The molecule has 0 saturated heterocycles. The predicted molar refractivity (Wildman–Crippen MR) is 89.0 cm³/mol. The fourth-order valence-corrected chi connectivity index (χ4v) is 1.74. The van der Waals surface area contributed by atoms with Crippen molar-refractivity contribution in [1.82, 2.24) is 0 Å². The van der Waals surface area contributed by atoms with Crippen LogP contribution in [-0.2, 0) is 9.53 Å². The Hall–Kier alpha value is -1.71. The number of phenols is 2. The van der Waals surface area contributed by atoms with Crippen LogP contribution in [0.3, 0.4) is 0 Å². The first-order valence-corrected chi connectivity index (χ1v) is 8.24. The van der Waals surface area contributed by atoms with Gasteiger partial charge in [-0.05, 0) is 25.0 Å². The first kappa shape index (κ1) is 20.3. The molecule has 0 radical (unpaired) electrons. The Morgan fingerprint density at radius 2 is 1.45 bits per heavy atom. The van der Waals surface area contributed by atoms with Gasteiger partial charge in [-0.25, -0.2) is 0 Å². The van der Waals surface area contributed by atoms with Gasteiger partial charge in [-0.3, -0.25) is 4.79 Å². The van der Waals surface area contributed by atoms with Crippen LogP contribution in [0.5, 0.6) is 11.5 Å². The van der Waals surface area contributed by atoms with E-state index in [0.29, 0.717) is 13.0 Å². The summed E-state index contributed by atoms with van der Waals surface area (Å²) in [7, 11) is 0. The van der Waals surface area contributed by atoms with E-state index >= 15 is 0 Å². The van der Waals surface area contributed by atoms with Crippen molar-refractivity contribution in [2.24, 2.45) is 0 Å². The molecule has 0 aliphatic carbocycles. The monoisotopic (exact) mass is 310 g/mol. The summed E-state index contributed by atoms with van der Waals surface area (Å²) in [5.74, 6) is -0.171. The number of phenolic OH excluding ortho intramolecular Hbond substituents is 2. The van der Waals surface area contributed by atoms with E-state index < -0.39 is 0 Å². The SMILES string of the molecule is CCCCCCCC(=O)OCCCC.Oc1ccccc1O. The van der Waals surface area contributed by atoms with Crippen molar-refractivity contribution < 1.29 is 19.7 Å². The highest BCUT2D eigenvalue weighted by Gasteiger charge is 2.01. The van der Waals surface area contributed by atoms with Gasteiger partial charge < -0.3 is 14.9 Å². The van der Waals surface area contributed by atoms with Gasteiger partial charge in [0.15, 0.2) is 11.5 Å². The first-order chi connectivity index (χ1) is 10.6. The summed E-state index contributed by atoms with van der Waals surface area (Å²) in [4.78, 5) is 11.1. The van der Waals surface area contributed by atoms with Crippen LogP contribution in [0, 0.1) is 0 Å². The number of para-hydroxylation sites is 2. The van der Waals surface area contributed by atoms with Gasteiger partial charge in [-0.15, -0.1) is 0 Å². The Bertz CT molecular complexity index is 369. The third-order valence-electron chi connectivity index (χ3n) is 3.13. The topological polar surface area (TPSA) is 66.8 Å². The van der Waals surface area contributed by atoms with E-state index in [0.717, 1.165) is 25.7 Å². The maximum absolute atomic E-state index is 11.1. The number of hydrogen-bond acceptors (Lipinski definition) is 4. The zero-order valence-electron chi connectivity index (χ0n) is 13.9. The second-order valence-electron chi connectivity index (χ2n) is 5.23. The van der Waals surface area contributed by atoms with Crippen molar-refractivity contribution in [3.05, 3.63) is 24.3 Å². The van der Waals surface area contributed by atoms with Crippen LogP contribution in [0.1, 0.15) is 65.2 Å². The van der Waals surface area contributed by atoms with Gasteiger partial charge in [0, 0.05) is 6.42 Å². The molecule has 1 aromatic rings. The number of hydrogen-bond donors (Lipinski definition) is 2. The number of ether oxygens (including phenoxy) is 1. The number of rotatable bonds is 9. The highest BCUT2D eigenvalue weighted by atomic mass is 16.5. The fourth-order valence-electron chi connectivity index (χ4n) is 1.74. The number of benzene rings is 1. The number of carbonyl (C=O) groups excluding carboxylic acids is 1. The van der Waals surface area contributed by atoms with E-state index in [4.69, 9.17) is 14.9 Å². The average Bonchev–Trinajstić information content (AvgIpc) is 2.51. The zero-order chi connectivity index (χ0) is 16.6. The average molecular weight is 310 g/mol. The minimum atomic E-state index is -0.0764. The number of unbranched alkanes of at least 4 members (excludes halogenated alkanes) is 5. The molecule has 0 fully saturated rings. The second-order valence-corrected chi connectivity index (χ2v) is 5.23. The van der Waals surface area contributed by atoms with Crippen molar-refractivity contribution in [2.45, 2.75) is 65.2 Å². The molecule has 2 N–H and O–H groups in total. The van der Waals surface area contributed by atoms with Gasteiger partial charge >= 0.3 is 5.97 Å². The summed E-state index contributed by atoms with van der Waals surface area (Å²) >= 11 is 0. The van der Waals surface area contributed by atoms with Crippen LogP contribution >= 0.6 is 0 Å². The summed E-state index contributed by atoms with van der Waals surface area (Å²) in [6.07, 6.45) is 8.62. The molecular formula is C18H30O4. The highest BCUT2D eigenvalue weighted by molar-refractivity contribution is 5.69. The summed E-state index contributed by atoms with van der Waals surface area (Å²) in [5.41, 5.74) is 0. The lowest BCUT2D eigenvalue weighted by Crippen LogP contribution is -2.05. The van der Waals surface area contributed by atoms with Gasteiger partial charge in [0.2, 0.25) is 0 Å². The number of aromatic hydroxyl groups is 2. The second kappa shape index (κ2) is 14.2. The van der Waals surface area contributed by atoms with Gasteiger partial charge in [0.05, 0.1) is 6.61 Å². The standard InChI is InChI=1S/C12H24O2.C6H6O2/c1-3-5-7-8-9-10-12(13)14-11-6-4-2;7-5-3-1-2-4-6(5)8/h3-11H2,1-2H3;1-4,7-8H. The summed E-state index contributed by atoms with van der Waals surface area (Å²) in [5, 5.41) is 17.3. The Labute approximate surface area is 134 Å². The minimum absolute atomic E-state index is 0.0186. The lowest BCUT2D eigenvalue weighted by Gasteiger charge is -2.03. The molecule has 0 unspecified atom stereocenters. The summed E-state index contributed by atoms with van der Waals surface area (Å²) in [6.45, 7) is 4.89. The molecule has 0 spiro atoms. The number of esters is 1. The maximum atomic E-state index is 11.1. The van der Waals surface area contributed by atoms with E-state index in [1.165, 1.54) is 31.4 Å². The van der Waals surface area contributed by atoms with E-state index in [2.05, 4.69) is 13.8 Å². The third kappa shape index (κ3) is 12.1. The van der Waals surface area contributed by atoms with Crippen molar-refractivity contribution >= 4 is 5.97 Å². The lowest BCUT2D eigenvalue weighted by molar-refractivity contribution is -0.143. The molecule has 4 heteroatoms. The van der Waals surface area contributed by atoms with Crippen molar-refractivity contribution in [3.63, 3.8) is 0 Å². The fraction of sp³-hybridized carbons (Fsp3) is 0.611. The number of carbonyl (C=O) groups is 1. The van der Waals surface area contributed by atoms with Crippen LogP contribution in [-0.4, -0.2) is 22.8 Å². The Balaban J connectivity index is 0.000000461. The molecule has 22 heavy (non-hydrogen) atoms. The summed E-state index contributed by atoms with van der Waals surface area (Å²) < 4.78 is 5.05. The van der Waals surface area contributed by atoms with Crippen LogP contribution < -0.4 is 0 Å². The molecule has 0 aromatic heterocycles.